The van der Waals surface area contributed by atoms with Crippen LogP contribution >= 0.6 is 11.3 Å². The van der Waals surface area contributed by atoms with Gasteiger partial charge in [0.1, 0.15) is 0 Å². The smallest absolute Gasteiger partial charge is 0.223 e. The summed E-state index contributed by atoms with van der Waals surface area (Å²) >= 11 is 1.66. The second-order valence-electron chi connectivity index (χ2n) is 6.15. The van der Waals surface area contributed by atoms with Crippen LogP contribution in [0.3, 0.4) is 0 Å². The summed E-state index contributed by atoms with van der Waals surface area (Å²) in [5, 5.41) is 3.16. The maximum atomic E-state index is 12.0. The van der Waals surface area contributed by atoms with Crippen molar-refractivity contribution in [2.75, 3.05) is 6.54 Å². The van der Waals surface area contributed by atoms with Crippen molar-refractivity contribution in [3.63, 3.8) is 0 Å². The lowest BCUT2D eigenvalue weighted by atomic mass is 9.94. The minimum absolute atomic E-state index is 0.00688. The van der Waals surface area contributed by atoms with E-state index in [4.69, 9.17) is 10.7 Å². The number of piperidine rings is 1. The number of hydrogen-bond donors (Lipinski definition) is 1. The Labute approximate surface area is 119 Å². The molecule has 1 aromatic rings. The minimum Gasteiger partial charge on any atom is -0.333 e. The molecule has 0 bridgehead atoms. The zero-order valence-corrected chi connectivity index (χ0v) is 13.0. The molecule has 1 saturated heterocycles. The Morgan fingerprint density at radius 2 is 2.21 bits per heavy atom. The molecule has 1 fully saturated rings. The van der Waals surface area contributed by atoms with E-state index in [9.17, 15) is 4.79 Å². The van der Waals surface area contributed by atoms with Gasteiger partial charge in [0, 0.05) is 29.8 Å². The molecule has 0 spiro atoms. The van der Waals surface area contributed by atoms with Crippen LogP contribution in [0, 0.1) is 0 Å². The highest BCUT2D eigenvalue weighted by atomic mass is 32.1. The molecule has 2 atom stereocenters. The van der Waals surface area contributed by atoms with Gasteiger partial charge in [-0.25, -0.2) is 4.98 Å². The molecule has 2 unspecified atom stereocenters. The number of likely N-dealkylation sites (tertiary alicyclic amines) is 1. The Morgan fingerprint density at radius 1 is 1.53 bits per heavy atom. The van der Waals surface area contributed by atoms with Gasteiger partial charge in [-0.1, -0.05) is 20.8 Å². The summed E-state index contributed by atoms with van der Waals surface area (Å²) < 4.78 is 0. The Morgan fingerprint density at radius 3 is 2.74 bits per heavy atom. The van der Waals surface area contributed by atoms with Gasteiger partial charge in [-0.05, 0) is 13.3 Å². The third-order valence-corrected chi connectivity index (χ3v) is 4.85. The molecule has 106 valence electrons. The van der Waals surface area contributed by atoms with E-state index >= 15 is 0 Å². The molecule has 0 aromatic carbocycles. The third kappa shape index (κ3) is 2.82. The van der Waals surface area contributed by atoms with Crippen molar-refractivity contribution in [3.05, 3.63) is 16.1 Å². The zero-order valence-electron chi connectivity index (χ0n) is 12.1. The largest absolute Gasteiger partial charge is 0.333 e. The van der Waals surface area contributed by atoms with Crippen LogP contribution in [0.2, 0.25) is 0 Å². The van der Waals surface area contributed by atoms with Crippen LogP contribution in [-0.2, 0) is 10.2 Å². The Bertz CT molecular complexity index is 464. The summed E-state index contributed by atoms with van der Waals surface area (Å²) in [5.74, 6) is 0.194. The summed E-state index contributed by atoms with van der Waals surface area (Å²) in [7, 11) is 0. The lowest BCUT2D eigenvalue weighted by molar-refractivity contribution is -0.137. The fourth-order valence-electron chi connectivity index (χ4n) is 2.50. The number of nitrogens with zero attached hydrogens (tertiary/aromatic N) is 2. The zero-order chi connectivity index (χ0) is 14.2. The van der Waals surface area contributed by atoms with Crippen LogP contribution in [0.15, 0.2) is 5.38 Å². The van der Waals surface area contributed by atoms with Gasteiger partial charge in [-0.2, -0.15) is 0 Å². The average Bonchev–Trinajstić information content (AvgIpc) is 2.80. The highest BCUT2D eigenvalue weighted by Gasteiger charge is 2.36. The first-order valence-corrected chi connectivity index (χ1v) is 7.73. The maximum Gasteiger partial charge on any atom is 0.223 e. The van der Waals surface area contributed by atoms with E-state index in [-0.39, 0.29) is 23.4 Å². The van der Waals surface area contributed by atoms with Gasteiger partial charge >= 0.3 is 0 Å². The normalized spacial score (nSPS) is 24.9. The summed E-state index contributed by atoms with van der Waals surface area (Å²) in [6.45, 7) is 9.15. The molecular formula is C14H23N3OS. The first kappa shape index (κ1) is 14.5. The molecular weight excluding hydrogens is 258 g/mol. The molecule has 0 saturated carbocycles. The highest BCUT2D eigenvalue weighted by Crippen LogP contribution is 2.34. The molecule has 4 nitrogen and oxygen atoms in total. The van der Waals surface area contributed by atoms with Crippen molar-refractivity contribution in [1.82, 2.24) is 9.88 Å². The van der Waals surface area contributed by atoms with E-state index in [1.807, 2.05) is 11.8 Å². The van der Waals surface area contributed by atoms with Crippen molar-refractivity contribution < 1.29 is 4.79 Å². The second kappa shape index (κ2) is 5.21. The standard InChI is InChI=1S/C14H23N3OS/c1-5-17-11(18)7-6-9(15)12(17)10-8-19-13(16-10)14(2,3)4/h8-9,12H,5-7,15H2,1-4H3. The molecule has 2 rings (SSSR count). The molecule has 19 heavy (non-hydrogen) atoms. The van der Waals surface area contributed by atoms with E-state index in [0.717, 1.165) is 17.1 Å². The fourth-order valence-corrected chi connectivity index (χ4v) is 3.43. The number of rotatable bonds is 2. The van der Waals surface area contributed by atoms with Gasteiger partial charge in [0.25, 0.3) is 0 Å². The monoisotopic (exact) mass is 281 g/mol. The van der Waals surface area contributed by atoms with Crippen molar-refractivity contribution in [1.29, 1.82) is 0 Å². The van der Waals surface area contributed by atoms with E-state index in [1.54, 1.807) is 11.3 Å². The summed E-state index contributed by atoms with van der Waals surface area (Å²) in [6, 6.07) is -0.0637. The Balaban J connectivity index is 2.32. The van der Waals surface area contributed by atoms with Gasteiger partial charge in [0.15, 0.2) is 0 Å². The number of hydrogen-bond acceptors (Lipinski definition) is 4. The first-order chi connectivity index (χ1) is 8.84. The van der Waals surface area contributed by atoms with Crippen molar-refractivity contribution in [2.24, 2.45) is 5.73 Å². The highest BCUT2D eigenvalue weighted by molar-refractivity contribution is 7.09. The van der Waals surface area contributed by atoms with Gasteiger partial charge in [0.2, 0.25) is 5.91 Å². The summed E-state index contributed by atoms with van der Waals surface area (Å²) in [5.41, 5.74) is 7.23. The molecule has 1 aliphatic heterocycles. The van der Waals surface area contributed by atoms with Gasteiger partial charge in [0.05, 0.1) is 16.7 Å². The summed E-state index contributed by atoms with van der Waals surface area (Å²) in [6.07, 6.45) is 1.31. The van der Waals surface area contributed by atoms with Crippen LogP contribution < -0.4 is 5.73 Å². The molecule has 2 N–H and O–H groups in total. The number of carbonyl (C=O) groups is 1. The number of carbonyl (C=O) groups excluding carboxylic acids is 1. The fraction of sp³-hybridized carbons (Fsp3) is 0.714. The number of aromatic nitrogens is 1. The molecule has 2 heterocycles. The molecule has 1 aliphatic rings. The van der Waals surface area contributed by atoms with Gasteiger partial charge < -0.3 is 10.6 Å². The number of likely N-dealkylation sites (N-methyl/N-ethyl adjacent to an activating group) is 1. The van der Waals surface area contributed by atoms with Crippen LogP contribution in [0.1, 0.15) is 57.3 Å². The number of thiazole rings is 1. The summed E-state index contributed by atoms with van der Waals surface area (Å²) in [4.78, 5) is 18.6. The SMILES string of the molecule is CCN1C(=O)CCC(N)C1c1csc(C(C)(C)C)n1. The molecule has 1 aromatic heterocycles. The average molecular weight is 281 g/mol. The molecule has 1 amide bonds. The Hall–Kier alpha value is -0.940. The van der Waals surface area contributed by atoms with E-state index < -0.39 is 0 Å². The van der Waals surface area contributed by atoms with Crippen LogP contribution in [0.25, 0.3) is 0 Å². The molecule has 5 heteroatoms. The topological polar surface area (TPSA) is 59.2 Å². The van der Waals surface area contributed by atoms with Crippen molar-refractivity contribution in [2.45, 2.75) is 58.0 Å². The molecule has 0 aliphatic carbocycles. The van der Waals surface area contributed by atoms with Crippen molar-refractivity contribution in [3.8, 4) is 0 Å². The van der Waals surface area contributed by atoms with E-state index in [1.165, 1.54) is 0 Å². The van der Waals surface area contributed by atoms with E-state index in [0.29, 0.717) is 13.0 Å². The minimum atomic E-state index is -0.0569. The lowest BCUT2D eigenvalue weighted by Gasteiger charge is -2.38. The predicted octanol–water partition coefficient (Wildman–Crippen LogP) is 2.45. The quantitative estimate of drug-likeness (QED) is 0.906. The van der Waals surface area contributed by atoms with Gasteiger partial charge in [-0.15, -0.1) is 11.3 Å². The second-order valence-corrected chi connectivity index (χ2v) is 7.01. The number of nitrogens with two attached hydrogens (primary N) is 1. The lowest BCUT2D eigenvalue weighted by Crippen LogP contribution is -2.48. The van der Waals surface area contributed by atoms with Crippen LogP contribution in [-0.4, -0.2) is 28.4 Å². The molecule has 0 radical (unpaired) electrons. The Kier molecular flexibility index (Phi) is 3.97. The third-order valence-electron chi connectivity index (χ3n) is 3.56. The van der Waals surface area contributed by atoms with Gasteiger partial charge in [-0.3, -0.25) is 4.79 Å². The van der Waals surface area contributed by atoms with E-state index in [2.05, 4.69) is 26.2 Å². The predicted molar refractivity (Wildman–Crippen MR) is 78.2 cm³/mol. The maximum absolute atomic E-state index is 12.0. The van der Waals surface area contributed by atoms with Crippen LogP contribution in [0.4, 0.5) is 0 Å². The first-order valence-electron chi connectivity index (χ1n) is 6.85. The number of amides is 1. The van der Waals surface area contributed by atoms with Crippen LogP contribution in [0.5, 0.6) is 0 Å². The van der Waals surface area contributed by atoms with Crippen molar-refractivity contribution >= 4 is 17.2 Å².